The zero-order valence-corrected chi connectivity index (χ0v) is 12.8. The SMILES string of the molecule is Cc1sc2nc(Cn3cnc([N+](=O)[O-])c3)nc(Cl)c2c1C. The van der Waals surface area contributed by atoms with Crippen molar-refractivity contribution in [1.29, 1.82) is 0 Å². The Labute approximate surface area is 128 Å². The number of nitrogens with zero attached hydrogens (tertiary/aromatic N) is 5. The molecule has 0 fully saturated rings. The molecular formula is C12H10ClN5O2S. The van der Waals surface area contributed by atoms with Gasteiger partial charge in [0.05, 0.1) is 11.9 Å². The molecule has 0 spiro atoms. The molecule has 0 bridgehead atoms. The van der Waals surface area contributed by atoms with Gasteiger partial charge in [-0.15, -0.1) is 11.3 Å². The number of aryl methyl sites for hydroxylation is 2. The van der Waals surface area contributed by atoms with Gasteiger partial charge in [-0.25, -0.2) is 9.97 Å². The van der Waals surface area contributed by atoms with E-state index < -0.39 is 4.92 Å². The molecule has 0 aliphatic rings. The smallest absolute Gasteiger partial charge is 0.358 e. The molecule has 0 radical (unpaired) electrons. The predicted molar refractivity (Wildman–Crippen MR) is 79.9 cm³/mol. The average Bonchev–Trinajstić information content (AvgIpc) is 2.96. The molecule has 0 aromatic carbocycles. The monoisotopic (exact) mass is 323 g/mol. The standard InChI is InChI=1S/C12H10ClN5O2S/c1-6-7(2)21-12-10(6)11(13)15-8(16-12)3-17-4-9(14-5-17)18(19)20/h4-5H,3H2,1-2H3. The third-order valence-electron chi connectivity index (χ3n) is 3.16. The molecule has 3 aromatic heterocycles. The Kier molecular flexibility index (Phi) is 3.34. The second kappa shape index (κ2) is 5.05. The topological polar surface area (TPSA) is 86.7 Å². The summed E-state index contributed by atoms with van der Waals surface area (Å²) >= 11 is 7.78. The van der Waals surface area contributed by atoms with Crippen molar-refractivity contribution in [3.8, 4) is 0 Å². The van der Waals surface area contributed by atoms with Crippen molar-refractivity contribution in [1.82, 2.24) is 19.5 Å². The average molecular weight is 324 g/mol. The fraction of sp³-hybridized carbons (Fsp3) is 0.250. The number of rotatable bonds is 3. The first-order valence-corrected chi connectivity index (χ1v) is 7.23. The number of aromatic nitrogens is 4. The van der Waals surface area contributed by atoms with E-state index in [9.17, 15) is 10.1 Å². The summed E-state index contributed by atoms with van der Waals surface area (Å²) in [4.78, 5) is 24.5. The summed E-state index contributed by atoms with van der Waals surface area (Å²) in [6, 6.07) is 0. The first-order valence-electron chi connectivity index (χ1n) is 6.04. The maximum absolute atomic E-state index is 10.6. The zero-order chi connectivity index (χ0) is 15.1. The summed E-state index contributed by atoms with van der Waals surface area (Å²) < 4.78 is 1.56. The van der Waals surface area contributed by atoms with Crippen LogP contribution in [-0.4, -0.2) is 24.4 Å². The lowest BCUT2D eigenvalue weighted by Crippen LogP contribution is -2.02. The third kappa shape index (κ3) is 2.47. The highest BCUT2D eigenvalue weighted by molar-refractivity contribution is 7.18. The molecule has 0 aliphatic carbocycles. The van der Waals surface area contributed by atoms with Crippen LogP contribution in [0.15, 0.2) is 12.5 Å². The maximum Gasteiger partial charge on any atom is 0.381 e. The Morgan fingerprint density at radius 1 is 1.43 bits per heavy atom. The van der Waals surface area contributed by atoms with Crippen LogP contribution in [0.1, 0.15) is 16.3 Å². The number of nitro groups is 1. The van der Waals surface area contributed by atoms with Gasteiger partial charge in [-0.05, 0) is 29.3 Å². The van der Waals surface area contributed by atoms with E-state index in [0.29, 0.717) is 11.0 Å². The summed E-state index contributed by atoms with van der Waals surface area (Å²) in [5.41, 5.74) is 1.09. The van der Waals surface area contributed by atoms with Crippen molar-refractivity contribution in [3.05, 3.63) is 44.1 Å². The van der Waals surface area contributed by atoms with Crippen molar-refractivity contribution in [2.75, 3.05) is 0 Å². The van der Waals surface area contributed by atoms with Gasteiger partial charge in [0.15, 0.2) is 5.82 Å². The van der Waals surface area contributed by atoms with Crippen LogP contribution in [0.3, 0.4) is 0 Å². The summed E-state index contributed by atoms with van der Waals surface area (Å²) in [6.07, 6.45) is 2.72. The van der Waals surface area contributed by atoms with E-state index in [1.165, 1.54) is 12.5 Å². The molecule has 7 nitrogen and oxygen atoms in total. The Morgan fingerprint density at radius 3 is 2.86 bits per heavy atom. The highest BCUT2D eigenvalue weighted by atomic mass is 35.5. The lowest BCUT2D eigenvalue weighted by atomic mass is 10.2. The lowest BCUT2D eigenvalue weighted by Gasteiger charge is -2.02. The molecule has 0 unspecified atom stereocenters. The van der Waals surface area contributed by atoms with Crippen LogP contribution in [0.25, 0.3) is 10.2 Å². The lowest BCUT2D eigenvalue weighted by molar-refractivity contribution is -0.389. The molecule has 3 rings (SSSR count). The molecule has 0 amide bonds. The summed E-state index contributed by atoms with van der Waals surface area (Å²) in [6.45, 7) is 4.28. The minimum Gasteiger partial charge on any atom is -0.358 e. The van der Waals surface area contributed by atoms with Gasteiger partial charge in [-0.1, -0.05) is 11.6 Å². The van der Waals surface area contributed by atoms with E-state index in [4.69, 9.17) is 11.6 Å². The van der Waals surface area contributed by atoms with Crippen molar-refractivity contribution < 1.29 is 4.92 Å². The van der Waals surface area contributed by atoms with Gasteiger partial charge in [0.25, 0.3) is 0 Å². The molecule has 0 aliphatic heterocycles. The molecule has 0 N–H and O–H groups in total. The molecule has 9 heteroatoms. The van der Waals surface area contributed by atoms with Crippen LogP contribution in [0.2, 0.25) is 5.15 Å². The number of hydrogen-bond donors (Lipinski definition) is 0. The summed E-state index contributed by atoms with van der Waals surface area (Å²) in [5.74, 6) is 0.297. The number of thiophene rings is 1. The molecule has 3 heterocycles. The molecule has 0 atom stereocenters. The van der Waals surface area contributed by atoms with Gasteiger partial charge >= 0.3 is 5.82 Å². The Bertz CT molecular complexity index is 857. The van der Waals surface area contributed by atoms with Gasteiger partial charge in [-0.2, -0.15) is 0 Å². The van der Waals surface area contributed by atoms with Gasteiger partial charge in [0.2, 0.25) is 6.33 Å². The number of imidazole rings is 1. The van der Waals surface area contributed by atoms with E-state index in [2.05, 4.69) is 15.0 Å². The van der Waals surface area contributed by atoms with Crippen LogP contribution in [0.5, 0.6) is 0 Å². The van der Waals surface area contributed by atoms with Crippen LogP contribution in [0.4, 0.5) is 5.82 Å². The molecule has 21 heavy (non-hydrogen) atoms. The number of fused-ring (bicyclic) bond motifs is 1. The normalized spacial score (nSPS) is 11.2. The highest BCUT2D eigenvalue weighted by Crippen LogP contribution is 2.32. The van der Waals surface area contributed by atoms with Crippen LogP contribution in [0, 0.1) is 24.0 Å². The van der Waals surface area contributed by atoms with E-state index in [1.54, 1.807) is 15.9 Å². The van der Waals surface area contributed by atoms with E-state index in [-0.39, 0.29) is 12.4 Å². The minimum absolute atomic E-state index is 0.204. The van der Waals surface area contributed by atoms with Crippen molar-refractivity contribution >= 4 is 39.0 Å². The van der Waals surface area contributed by atoms with Crippen molar-refractivity contribution in [2.24, 2.45) is 0 Å². The van der Waals surface area contributed by atoms with Gasteiger partial charge in [0.1, 0.15) is 16.2 Å². The molecule has 0 saturated carbocycles. The van der Waals surface area contributed by atoms with Gasteiger partial charge in [0, 0.05) is 4.88 Å². The zero-order valence-electron chi connectivity index (χ0n) is 11.2. The Balaban J connectivity index is 1.99. The van der Waals surface area contributed by atoms with E-state index in [0.717, 1.165) is 20.7 Å². The Morgan fingerprint density at radius 2 is 2.19 bits per heavy atom. The summed E-state index contributed by atoms with van der Waals surface area (Å²) in [7, 11) is 0. The second-order valence-electron chi connectivity index (χ2n) is 4.56. The van der Waals surface area contributed by atoms with Crippen molar-refractivity contribution in [3.63, 3.8) is 0 Å². The third-order valence-corrected chi connectivity index (χ3v) is 4.54. The predicted octanol–water partition coefficient (Wildman–Crippen LogP) is 3.11. The molecular weight excluding hydrogens is 314 g/mol. The van der Waals surface area contributed by atoms with Crippen molar-refractivity contribution in [2.45, 2.75) is 20.4 Å². The minimum atomic E-state index is -0.542. The highest BCUT2D eigenvalue weighted by Gasteiger charge is 2.15. The van der Waals surface area contributed by atoms with Gasteiger partial charge in [-0.3, -0.25) is 0 Å². The van der Waals surface area contributed by atoms with Crippen LogP contribution < -0.4 is 0 Å². The first kappa shape index (κ1) is 13.9. The van der Waals surface area contributed by atoms with Gasteiger partial charge < -0.3 is 14.7 Å². The Hall–Kier alpha value is -2.06. The van der Waals surface area contributed by atoms with E-state index >= 15 is 0 Å². The van der Waals surface area contributed by atoms with E-state index in [1.807, 2.05) is 13.8 Å². The number of halogens is 1. The first-order chi connectivity index (χ1) is 9.95. The fourth-order valence-corrected chi connectivity index (χ4v) is 3.44. The van der Waals surface area contributed by atoms with Crippen LogP contribution in [-0.2, 0) is 6.54 Å². The molecule has 3 aromatic rings. The molecule has 0 saturated heterocycles. The largest absolute Gasteiger partial charge is 0.381 e. The van der Waals surface area contributed by atoms with Crippen LogP contribution >= 0.6 is 22.9 Å². The summed E-state index contributed by atoms with van der Waals surface area (Å²) in [5, 5.41) is 11.9. The second-order valence-corrected chi connectivity index (χ2v) is 6.12. The fourth-order valence-electron chi connectivity index (χ4n) is 2.01. The molecule has 108 valence electrons. The number of hydrogen-bond acceptors (Lipinski definition) is 6. The quantitative estimate of drug-likeness (QED) is 0.420. The maximum atomic E-state index is 10.6.